The van der Waals surface area contributed by atoms with Gasteiger partial charge in [-0.2, -0.15) is 11.8 Å². The summed E-state index contributed by atoms with van der Waals surface area (Å²) in [5.41, 5.74) is 1.39. The molecule has 0 N–H and O–H groups in total. The van der Waals surface area contributed by atoms with Gasteiger partial charge in [0.2, 0.25) is 0 Å². The zero-order valence-corrected chi connectivity index (χ0v) is 14.4. The van der Waals surface area contributed by atoms with Gasteiger partial charge in [0.1, 0.15) is 5.75 Å². The van der Waals surface area contributed by atoms with Crippen molar-refractivity contribution in [2.75, 3.05) is 25.4 Å². The summed E-state index contributed by atoms with van der Waals surface area (Å²) >= 11 is 2.10. The Balaban J connectivity index is 1.99. The van der Waals surface area contributed by atoms with E-state index >= 15 is 0 Å². The average molecular weight is 311 g/mol. The predicted octanol–water partition coefficient (Wildman–Crippen LogP) is 5.31. The number of aryl methyl sites for hydroxylation is 1. The van der Waals surface area contributed by atoms with E-state index < -0.39 is 0 Å². The van der Waals surface area contributed by atoms with Crippen molar-refractivity contribution in [2.45, 2.75) is 51.9 Å². The number of methoxy groups -OCH3 is 1. The third kappa shape index (κ3) is 9.81. The van der Waals surface area contributed by atoms with E-state index in [9.17, 15) is 0 Å². The Morgan fingerprint density at radius 2 is 1.62 bits per heavy atom. The largest absolute Gasteiger partial charge is 0.468 e. The van der Waals surface area contributed by atoms with Crippen molar-refractivity contribution in [3.05, 3.63) is 29.8 Å². The SMILES string of the molecule is CCCCCCCSCCCc1ccc(OCOC)cc1. The van der Waals surface area contributed by atoms with Crippen LogP contribution in [0.15, 0.2) is 24.3 Å². The summed E-state index contributed by atoms with van der Waals surface area (Å²) in [6.07, 6.45) is 9.36. The van der Waals surface area contributed by atoms with Crippen LogP contribution in [0, 0.1) is 0 Å². The van der Waals surface area contributed by atoms with E-state index in [1.165, 1.54) is 55.6 Å². The van der Waals surface area contributed by atoms with Crippen LogP contribution in [0.1, 0.15) is 51.0 Å². The quantitative estimate of drug-likeness (QED) is 0.363. The van der Waals surface area contributed by atoms with Crippen molar-refractivity contribution in [1.29, 1.82) is 0 Å². The second-order valence-electron chi connectivity index (χ2n) is 5.32. The Bertz CT molecular complexity index is 338. The summed E-state index contributed by atoms with van der Waals surface area (Å²) in [6.45, 7) is 2.58. The molecule has 0 aliphatic rings. The highest BCUT2D eigenvalue weighted by Gasteiger charge is 1.97. The highest BCUT2D eigenvalue weighted by Crippen LogP contribution is 2.15. The minimum atomic E-state index is 0.314. The van der Waals surface area contributed by atoms with Gasteiger partial charge in [-0.3, -0.25) is 0 Å². The van der Waals surface area contributed by atoms with E-state index in [1.54, 1.807) is 7.11 Å². The summed E-state index contributed by atoms with van der Waals surface area (Å²) in [5.74, 6) is 3.48. The molecule has 0 radical (unpaired) electrons. The molecule has 0 aliphatic heterocycles. The van der Waals surface area contributed by atoms with Gasteiger partial charge < -0.3 is 9.47 Å². The molecule has 0 bridgehead atoms. The third-order valence-corrected chi connectivity index (χ3v) is 4.57. The molecular formula is C18H30O2S. The summed E-state index contributed by atoms with van der Waals surface area (Å²) in [5, 5.41) is 0. The molecule has 0 spiro atoms. The van der Waals surface area contributed by atoms with Crippen LogP contribution in [0.25, 0.3) is 0 Å². The molecule has 2 nitrogen and oxygen atoms in total. The maximum atomic E-state index is 5.38. The topological polar surface area (TPSA) is 18.5 Å². The average Bonchev–Trinajstić information content (AvgIpc) is 2.52. The van der Waals surface area contributed by atoms with E-state index in [0.29, 0.717) is 6.79 Å². The van der Waals surface area contributed by atoms with Crippen molar-refractivity contribution >= 4 is 11.8 Å². The lowest BCUT2D eigenvalue weighted by molar-refractivity contribution is 0.0511. The van der Waals surface area contributed by atoms with Gasteiger partial charge in [-0.25, -0.2) is 0 Å². The first-order valence-corrected chi connectivity index (χ1v) is 9.30. The molecule has 120 valence electrons. The van der Waals surface area contributed by atoms with Crippen LogP contribution in [0.5, 0.6) is 5.75 Å². The third-order valence-electron chi connectivity index (χ3n) is 3.41. The smallest absolute Gasteiger partial charge is 0.188 e. The van der Waals surface area contributed by atoms with E-state index in [2.05, 4.69) is 30.8 Å². The number of rotatable bonds is 13. The molecule has 0 atom stereocenters. The molecule has 0 aliphatic carbocycles. The van der Waals surface area contributed by atoms with Crippen LogP contribution in [0.4, 0.5) is 0 Å². The second-order valence-corrected chi connectivity index (χ2v) is 6.55. The zero-order chi connectivity index (χ0) is 15.2. The zero-order valence-electron chi connectivity index (χ0n) is 13.6. The Kier molecular flexibility index (Phi) is 11.4. The molecule has 0 heterocycles. The molecule has 0 amide bonds. The van der Waals surface area contributed by atoms with Gasteiger partial charge in [0, 0.05) is 7.11 Å². The van der Waals surface area contributed by atoms with Gasteiger partial charge in [-0.1, -0.05) is 44.7 Å². The van der Waals surface area contributed by atoms with Gasteiger partial charge in [-0.15, -0.1) is 0 Å². The van der Waals surface area contributed by atoms with Gasteiger partial charge in [0.05, 0.1) is 0 Å². The van der Waals surface area contributed by atoms with Gasteiger partial charge in [0.25, 0.3) is 0 Å². The monoisotopic (exact) mass is 310 g/mol. The minimum Gasteiger partial charge on any atom is -0.468 e. The Morgan fingerprint density at radius 3 is 2.33 bits per heavy atom. The molecule has 0 unspecified atom stereocenters. The molecule has 0 saturated heterocycles. The first-order valence-electron chi connectivity index (χ1n) is 8.15. The van der Waals surface area contributed by atoms with Crippen molar-refractivity contribution in [3.8, 4) is 5.75 Å². The van der Waals surface area contributed by atoms with E-state index in [-0.39, 0.29) is 0 Å². The summed E-state index contributed by atoms with van der Waals surface area (Å²) in [6, 6.07) is 8.35. The first kappa shape index (κ1) is 18.4. The van der Waals surface area contributed by atoms with E-state index in [0.717, 1.165) is 12.2 Å². The maximum Gasteiger partial charge on any atom is 0.188 e. The number of unbranched alkanes of at least 4 members (excludes halogenated alkanes) is 4. The van der Waals surface area contributed by atoms with Gasteiger partial charge in [0.15, 0.2) is 6.79 Å². The van der Waals surface area contributed by atoms with Crippen LogP contribution in [-0.4, -0.2) is 25.4 Å². The van der Waals surface area contributed by atoms with Gasteiger partial charge in [-0.05, 0) is 48.5 Å². The highest BCUT2D eigenvalue weighted by molar-refractivity contribution is 7.99. The number of thioether (sulfide) groups is 1. The van der Waals surface area contributed by atoms with Crippen LogP contribution >= 0.6 is 11.8 Å². The van der Waals surface area contributed by atoms with Crippen LogP contribution in [-0.2, 0) is 11.2 Å². The van der Waals surface area contributed by atoms with Crippen LogP contribution in [0.2, 0.25) is 0 Å². The predicted molar refractivity (Wildman–Crippen MR) is 93.4 cm³/mol. The number of ether oxygens (including phenoxy) is 2. The fraction of sp³-hybridized carbons (Fsp3) is 0.667. The number of hydrogen-bond acceptors (Lipinski definition) is 3. The Hall–Kier alpha value is -0.670. The number of benzene rings is 1. The molecule has 1 rings (SSSR count). The first-order chi connectivity index (χ1) is 10.4. The van der Waals surface area contributed by atoms with Crippen LogP contribution < -0.4 is 4.74 Å². The molecular weight excluding hydrogens is 280 g/mol. The number of hydrogen-bond donors (Lipinski definition) is 0. The lowest BCUT2D eigenvalue weighted by atomic mass is 10.1. The maximum absolute atomic E-state index is 5.38. The minimum absolute atomic E-state index is 0.314. The summed E-state index contributed by atoms with van der Waals surface area (Å²) in [7, 11) is 1.63. The van der Waals surface area contributed by atoms with Gasteiger partial charge >= 0.3 is 0 Å². The Labute approximate surface area is 134 Å². The lowest BCUT2D eigenvalue weighted by Crippen LogP contribution is -1.98. The highest BCUT2D eigenvalue weighted by atomic mass is 32.2. The molecule has 0 fully saturated rings. The van der Waals surface area contributed by atoms with Crippen molar-refractivity contribution in [3.63, 3.8) is 0 Å². The fourth-order valence-electron chi connectivity index (χ4n) is 2.17. The summed E-state index contributed by atoms with van der Waals surface area (Å²) < 4.78 is 10.3. The standard InChI is InChI=1S/C18H30O2S/c1-3-4-5-6-7-14-21-15-8-9-17-10-12-18(13-11-17)20-16-19-2/h10-13H,3-9,14-16H2,1-2H3. The molecule has 1 aromatic rings. The van der Waals surface area contributed by atoms with Crippen molar-refractivity contribution in [1.82, 2.24) is 0 Å². The van der Waals surface area contributed by atoms with E-state index in [1.807, 2.05) is 12.1 Å². The van der Waals surface area contributed by atoms with Crippen molar-refractivity contribution in [2.24, 2.45) is 0 Å². The Morgan fingerprint density at radius 1 is 0.905 bits per heavy atom. The fourth-order valence-corrected chi connectivity index (χ4v) is 3.13. The molecule has 1 aromatic carbocycles. The van der Waals surface area contributed by atoms with Crippen LogP contribution in [0.3, 0.4) is 0 Å². The molecule has 3 heteroatoms. The molecule has 21 heavy (non-hydrogen) atoms. The normalized spacial score (nSPS) is 10.8. The van der Waals surface area contributed by atoms with E-state index in [4.69, 9.17) is 9.47 Å². The molecule has 0 aromatic heterocycles. The van der Waals surface area contributed by atoms with Crippen molar-refractivity contribution < 1.29 is 9.47 Å². The second kappa shape index (κ2) is 13.0. The molecule has 0 saturated carbocycles. The summed E-state index contributed by atoms with van der Waals surface area (Å²) in [4.78, 5) is 0. The lowest BCUT2D eigenvalue weighted by Gasteiger charge is -2.06.